The zero-order chi connectivity index (χ0) is 22.0. The molecule has 1 aliphatic heterocycles. The van der Waals surface area contributed by atoms with Gasteiger partial charge in [0.2, 0.25) is 15.9 Å². The first-order valence-corrected chi connectivity index (χ1v) is 12.6. The van der Waals surface area contributed by atoms with Crippen LogP contribution in [0.5, 0.6) is 5.88 Å². The molecule has 10 heteroatoms. The maximum absolute atomic E-state index is 11.7. The minimum absolute atomic E-state index is 0.190. The van der Waals surface area contributed by atoms with Gasteiger partial charge < -0.3 is 9.64 Å². The van der Waals surface area contributed by atoms with E-state index in [2.05, 4.69) is 25.7 Å². The fourth-order valence-electron chi connectivity index (χ4n) is 3.61. The Bertz CT molecular complexity index is 1280. The number of aromatic nitrogens is 2. The molecule has 4 rings (SSSR count). The first kappa shape index (κ1) is 21.2. The van der Waals surface area contributed by atoms with Crippen LogP contribution < -0.4 is 14.4 Å². The van der Waals surface area contributed by atoms with Crippen LogP contribution in [-0.2, 0) is 10.0 Å². The number of anilines is 2. The largest absolute Gasteiger partial charge is 0.480 e. The van der Waals surface area contributed by atoms with E-state index < -0.39 is 10.0 Å². The van der Waals surface area contributed by atoms with Crippen molar-refractivity contribution >= 4 is 44.1 Å². The first-order valence-electron chi connectivity index (χ1n) is 9.57. The summed E-state index contributed by atoms with van der Waals surface area (Å²) in [5.74, 6) is 2.21. The highest BCUT2D eigenvalue weighted by atomic mass is 32.2. The second-order valence-electron chi connectivity index (χ2n) is 7.12. The van der Waals surface area contributed by atoms with Gasteiger partial charge in [0.15, 0.2) is 0 Å². The molecule has 0 saturated carbocycles. The Kier molecular flexibility index (Phi) is 5.89. The molecule has 0 spiro atoms. The Morgan fingerprint density at radius 1 is 1.16 bits per heavy atom. The molecule has 0 atom stereocenters. The number of hydrogen-bond acceptors (Lipinski definition) is 8. The Balaban J connectivity index is 1.86. The van der Waals surface area contributed by atoms with Crippen molar-refractivity contribution in [2.24, 2.45) is 0 Å². The number of hydrogen-bond donors (Lipinski definition) is 1. The normalized spacial score (nSPS) is 14.3. The van der Waals surface area contributed by atoms with Crippen LogP contribution in [0.25, 0.3) is 22.0 Å². The number of thioether (sulfide) groups is 1. The predicted octanol–water partition coefficient (Wildman–Crippen LogP) is 3.10. The van der Waals surface area contributed by atoms with Crippen molar-refractivity contribution < 1.29 is 13.2 Å². The van der Waals surface area contributed by atoms with Crippen molar-refractivity contribution in [2.45, 2.75) is 0 Å². The number of nitrogens with zero attached hydrogens (tertiary/aromatic N) is 4. The molecular weight excluding hydrogens is 434 g/mol. The van der Waals surface area contributed by atoms with Gasteiger partial charge in [-0.3, -0.25) is 9.71 Å². The molecule has 0 aliphatic carbocycles. The molecule has 8 nitrogen and oxygen atoms in total. The SMILES string of the molecule is COc1ncc(-c2ccc3ncc(C#N)c(N4CCSCC4)c3c2)cc1NS(C)(=O)=O. The van der Waals surface area contributed by atoms with Gasteiger partial charge >= 0.3 is 0 Å². The summed E-state index contributed by atoms with van der Waals surface area (Å²) in [5, 5.41) is 10.6. The molecule has 0 radical (unpaired) electrons. The Morgan fingerprint density at radius 3 is 2.61 bits per heavy atom. The summed E-state index contributed by atoms with van der Waals surface area (Å²) in [5.41, 5.74) is 4.06. The van der Waals surface area contributed by atoms with E-state index in [1.54, 1.807) is 18.5 Å². The number of methoxy groups -OCH3 is 1. The minimum Gasteiger partial charge on any atom is -0.480 e. The number of nitrogens with one attached hydrogen (secondary N) is 1. The fourth-order valence-corrected chi connectivity index (χ4v) is 5.06. The molecule has 0 unspecified atom stereocenters. The molecule has 160 valence electrons. The highest BCUT2D eigenvalue weighted by Gasteiger charge is 2.19. The summed E-state index contributed by atoms with van der Waals surface area (Å²) in [7, 11) is -2.06. The van der Waals surface area contributed by atoms with E-state index in [0.717, 1.165) is 58.6 Å². The van der Waals surface area contributed by atoms with Crippen LogP contribution in [0.15, 0.2) is 36.7 Å². The zero-order valence-corrected chi connectivity index (χ0v) is 18.8. The van der Waals surface area contributed by atoms with Gasteiger partial charge in [0.25, 0.3) is 0 Å². The third kappa shape index (κ3) is 4.52. The van der Waals surface area contributed by atoms with Crippen LogP contribution in [0.4, 0.5) is 11.4 Å². The van der Waals surface area contributed by atoms with Crippen molar-refractivity contribution in [3.05, 3.63) is 42.2 Å². The molecule has 2 aromatic heterocycles. The topological polar surface area (TPSA) is 108 Å². The Hall–Kier alpha value is -3.03. The Morgan fingerprint density at radius 2 is 1.94 bits per heavy atom. The molecule has 1 aromatic carbocycles. The smallest absolute Gasteiger partial charge is 0.238 e. The molecule has 1 aliphatic rings. The molecule has 3 aromatic rings. The summed E-state index contributed by atoms with van der Waals surface area (Å²) in [4.78, 5) is 10.9. The molecule has 0 bridgehead atoms. The number of sulfonamides is 1. The maximum atomic E-state index is 11.7. The summed E-state index contributed by atoms with van der Waals surface area (Å²) in [6.07, 6.45) is 4.34. The lowest BCUT2D eigenvalue weighted by molar-refractivity contribution is 0.400. The number of benzene rings is 1. The van der Waals surface area contributed by atoms with E-state index >= 15 is 0 Å². The highest BCUT2D eigenvalue weighted by molar-refractivity contribution is 7.99. The number of nitriles is 1. The molecule has 0 amide bonds. The number of pyridine rings is 2. The molecule has 1 N–H and O–H groups in total. The van der Waals surface area contributed by atoms with E-state index in [1.807, 2.05) is 30.0 Å². The minimum atomic E-state index is -3.50. The van der Waals surface area contributed by atoms with Crippen LogP contribution in [-0.4, -0.2) is 56.3 Å². The second kappa shape index (κ2) is 8.61. The second-order valence-corrected chi connectivity index (χ2v) is 10.1. The standard InChI is InChI=1S/C21H21N5O3S2/c1-29-21-19(25-31(2,27)28)10-15(12-24-21)14-3-4-18-17(9-14)20(16(11-22)13-23-18)26-5-7-30-8-6-26/h3-4,9-10,12-13,25H,5-8H2,1-2H3. The van der Waals surface area contributed by atoms with Crippen molar-refractivity contribution in [1.82, 2.24) is 9.97 Å². The van der Waals surface area contributed by atoms with Crippen LogP contribution >= 0.6 is 11.8 Å². The zero-order valence-electron chi connectivity index (χ0n) is 17.1. The third-order valence-electron chi connectivity index (χ3n) is 4.96. The number of fused-ring (bicyclic) bond motifs is 1. The summed E-state index contributed by atoms with van der Waals surface area (Å²) < 4.78 is 31.1. The first-order chi connectivity index (χ1) is 14.9. The van der Waals surface area contributed by atoms with E-state index in [9.17, 15) is 13.7 Å². The van der Waals surface area contributed by atoms with Crippen LogP contribution in [0, 0.1) is 11.3 Å². The van der Waals surface area contributed by atoms with Crippen LogP contribution in [0.3, 0.4) is 0 Å². The van der Waals surface area contributed by atoms with E-state index in [0.29, 0.717) is 5.56 Å². The fraction of sp³-hybridized carbons (Fsp3) is 0.286. The van der Waals surface area contributed by atoms with Crippen molar-refractivity contribution in [2.75, 3.05) is 47.6 Å². The van der Waals surface area contributed by atoms with Crippen molar-refractivity contribution in [1.29, 1.82) is 5.26 Å². The van der Waals surface area contributed by atoms with Gasteiger partial charge in [-0.15, -0.1) is 0 Å². The summed E-state index contributed by atoms with van der Waals surface area (Å²) >= 11 is 1.91. The lowest BCUT2D eigenvalue weighted by Gasteiger charge is -2.30. The molecule has 1 saturated heterocycles. The van der Waals surface area contributed by atoms with Gasteiger partial charge in [0.1, 0.15) is 11.8 Å². The highest BCUT2D eigenvalue weighted by Crippen LogP contribution is 2.35. The van der Waals surface area contributed by atoms with Crippen molar-refractivity contribution in [3.63, 3.8) is 0 Å². The van der Waals surface area contributed by atoms with Gasteiger partial charge in [-0.1, -0.05) is 6.07 Å². The monoisotopic (exact) mass is 455 g/mol. The molecule has 1 fully saturated rings. The van der Waals surface area contributed by atoms with Gasteiger partial charge in [0.05, 0.1) is 30.1 Å². The summed E-state index contributed by atoms with van der Waals surface area (Å²) in [6.45, 7) is 1.74. The summed E-state index contributed by atoms with van der Waals surface area (Å²) in [6, 6.07) is 9.76. The lowest BCUT2D eigenvalue weighted by atomic mass is 10.0. The predicted molar refractivity (Wildman–Crippen MR) is 124 cm³/mol. The van der Waals surface area contributed by atoms with E-state index in [-0.39, 0.29) is 11.6 Å². The van der Waals surface area contributed by atoms with Crippen LogP contribution in [0.1, 0.15) is 5.56 Å². The molecule has 3 heterocycles. The lowest BCUT2D eigenvalue weighted by Crippen LogP contribution is -2.33. The quantitative estimate of drug-likeness (QED) is 0.625. The van der Waals surface area contributed by atoms with Crippen molar-refractivity contribution in [3.8, 4) is 23.1 Å². The Labute approximate surface area is 185 Å². The maximum Gasteiger partial charge on any atom is 0.238 e. The van der Waals surface area contributed by atoms with E-state index in [4.69, 9.17) is 4.74 Å². The molecule has 31 heavy (non-hydrogen) atoms. The average Bonchev–Trinajstić information content (AvgIpc) is 2.77. The van der Waals surface area contributed by atoms with Crippen LogP contribution in [0.2, 0.25) is 0 Å². The third-order valence-corrected chi connectivity index (χ3v) is 6.49. The number of ether oxygens (including phenoxy) is 1. The average molecular weight is 456 g/mol. The van der Waals surface area contributed by atoms with Gasteiger partial charge in [0, 0.05) is 47.9 Å². The van der Waals surface area contributed by atoms with Gasteiger partial charge in [-0.2, -0.15) is 17.0 Å². The number of rotatable bonds is 5. The molecular formula is C21H21N5O3S2. The van der Waals surface area contributed by atoms with E-state index in [1.165, 1.54) is 7.11 Å². The van der Waals surface area contributed by atoms with Gasteiger partial charge in [-0.25, -0.2) is 13.4 Å². The van der Waals surface area contributed by atoms with Gasteiger partial charge in [-0.05, 0) is 23.8 Å².